The normalized spacial score (nSPS) is 11.9. The molecule has 3 nitrogen and oxygen atoms in total. The molecule has 0 saturated heterocycles. The molecule has 0 aromatic heterocycles. The molecule has 3 aromatic carbocycles. The van der Waals surface area contributed by atoms with Gasteiger partial charge in [0.05, 0.1) is 6.04 Å². The van der Waals surface area contributed by atoms with E-state index in [9.17, 15) is 4.79 Å². The van der Waals surface area contributed by atoms with E-state index >= 15 is 0 Å². The third-order valence-corrected chi connectivity index (χ3v) is 4.31. The number of amides is 1. The highest BCUT2D eigenvalue weighted by molar-refractivity contribution is 5.91. The van der Waals surface area contributed by atoms with Crippen molar-refractivity contribution >= 4 is 17.7 Å². The first-order chi connectivity index (χ1) is 13.2. The van der Waals surface area contributed by atoms with Crippen molar-refractivity contribution in [2.45, 2.75) is 19.5 Å². The lowest BCUT2D eigenvalue weighted by Gasteiger charge is -2.15. The van der Waals surface area contributed by atoms with Gasteiger partial charge < -0.3 is 10.6 Å². The minimum atomic E-state index is -0.103. The van der Waals surface area contributed by atoms with E-state index in [-0.39, 0.29) is 11.9 Å². The van der Waals surface area contributed by atoms with Crippen LogP contribution in [0.25, 0.3) is 6.08 Å². The zero-order valence-electron chi connectivity index (χ0n) is 15.4. The van der Waals surface area contributed by atoms with Crippen LogP contribution in [0.5, 0.6) is 0 Å². The highest BCUT2D eigenvalue weighted by atomic mass is 16.1. The van der Waals surface area contributed by atoms with Gasteiger partial charge in [-0.2, -0.15) is 0 Å². The number of carbonyl (C=O) groups excluding carboxylic acids is 1. The van der Waals surface area contributed by atoms with Crippen LogP contribution in [-0.4, -0.2) is 5.91 Å². The maximum absolute atomic E-state index is 12.2. The van der Waals surface area contributed by atoms with Crippen LogP contribution in [0, 0.1) is 0 Å². The van der Waals surface area contributed by atoms with Crippen molar-refractivity contribution in [3.63, 3.8) is 0 Å². The second kappa shape index (κ2) is 9.39. The van der Waals surface area contributed by atoms with Crippen molar-refractivity contribution in [1.29, 1.82) is 0 Å². The van der Waals surface area contributed by atoms with Crippen molar-refractivity contribution in [2.75, 3.05) is 5.32 Å². The largest absolute Gasteiger partial charge is 0.381 e. The minimum Gasteiger partial charge on any atom is -0.381 e. The molecule has 0 spiro atoms. The average molecular weight is 356 g/mol. The quantitative estimate of drug-likeness (QED) is 0.572. The lowest BCUT2D eigenvalue weighted by molar-refractivity contribution is -0.117. The zero-order valence-corrected chi connectivity index (χ0v) is 15.4. The summed E-state index contributed by atoms with van der Waals surface area (Å²) in [4.78, 5) is 12.2. The van der Waals surface area contributed by atoms with Gasteiger partial charge in [-0.15, -0.1) is 0 Å². The molecule has 1 amide bonds. The van der Waals surface area contributed by atoms with Crippen LogP contribution in [0.2, 0.25) is 0 Å². The number of hydrogen-bond donors (Lipinski definition) is 2. The maximum Gasteiger partial charge on any atom is 0.244 e. The van der Waals surface area contributed by atoms with Gasteiger partial charge in [0.1, 0.15) is 0 Å². The average Bonchev–Trinajstić information content (AvgIpc) is 2.72. The maximum atomic E-state index is 12.2. The van der Waals surface area contributed by atoms with Gasteiger partial charge in [0.25, 0.3) is 0 Å². The third-order valence-electron chi connectivity index (χ3n) is 4.31. The molecule has 27 heavy (non-hydrogen) atoms. The second-order valence-electron chi connectivity index (χ2n) is 6.44. The van der Waals surface area contributed by atoms with E-state index in [0.717, 1.165) is 23.4 Å². The number of rotatable bonds is 7. The number of hydrogen-bond acceptors (Lipinski definition) is 2. The van der Waals surface area contributed by atoms with E-state index in [1.165, 1.54) is 5.56 Å². The Kier molecular flexibility index (Phi) is 6.42. The summed E-state index contributed by atoms with van der Waals surface area (Å²) in [6.07, 6.45) is 3.39. The summed E-state index contributed by atoms with van der Waals surface area (Å²) in [5.74, 6) is -0.103. The Balaban J connectivity index is 1.57. The molecule has 3 rings (SSSR count). The molecule has 3 heteroatoms. The van der Waals surface area contributed by atoms with E-state index in [1.807, 2.05) is 79.7 Å². The van der Waals surface area contributed by atoms with Gasteiger partial charge in [0, 0.05) is 18.3 Å². The summed E-state index contributed by atoms with van der Waals surface area (Å²) in [5.41, 5.74) is 4.34. The molecular weight excluding hydrogens is 332 g/mol. The van der Waals surface area contributed by atoms with Crippen LogP contribution in [-0.2, 0) is 11.3 Å². The molecule has 0 unspecified atom stereocenters. The highest BCUT2D eigenvalue weighted by Crippen LogP contribution is 2.18. The SMILES string of the molecule is C[C@H](NC(=O)C=Cc1ccccc1)c1cccc(NCc2ccccc2)c1. The van der Waals surface area contributed by atoms with E-state index < -0.39 is 0 Å². The zero-order chi connectivity index (χ0) is 18.9. The van der Waals surface area contributed by atoms with Crippen LogP contribution < -0.4 is 10.6 Å². The Morgan fingerprint density at radius 1 is 0.926 bits per heavy atom. The van der Waals surface area contributed by atoms with Crippen LogP contribution in [0.15, 0.2) is 91.0 Å². The minimum absolute atomic E-state index is 0.0728. The molecule has 1 atom stereocenters. The monoisotopic (exact) mass is 356 g/mol. The number of carbonyl (C=O) groups is 1. The molecule has 0 aliphatic rings. The smallest absolute Gasteiger partial charge is 0.244 e. The first-order valence-electron chi connectivity index (χ1n) is 9.12. The lowest BCUT2D eigenvalue weighted by Crippen LogP contribution is -2.24. The number of benzene rings is 3. The Bertz CT molecular complexity index is 889. The van der Waals surface area contributed by atoms with E-state index in [0.29, 0.717) is 0 Å². The standard InChI is InChI=1S/C24H24N2O/c1-19(26-24(27)16-15-20-9-4-2-5-10-20)22-13-8-14-23(17-22)25-18-21-11-6-3-7-12-21/h2-17,19,25H,18H2,1H3,(H,26,27)/t19-/m0/s1. The first kappa shape index (κ1) is 18.5. The van der Waals surface area contributed by atoms with Gasteiger partial charge in [-0.25, -0.2) is 0 Å². The van der Waals surface area contributed by atoms with E-state index in [4.69, 9.17) is 0 Å². The Morgan fingerprint density at radius 3 is 2.37 bits per heavy atom. The van der Waals surface area contributed by atoms with Crippen LogP contribution in [0.3, 0.4) is 0 Å². The topological polar surface area (TPSA) is 41.1 Å². The molecule has 0 fully saturated rings. The summed E-state index contributed by atoms with van der Waals surface area (Å²) in [7, 11) is 0. The molecule has 2 N–H and O–H groups in total. The van der Waals surface area contributed by atoms with Crippen molar-refractivity contribution in [2.24, 2.45) is 0 Å². The molecule has 0 radical (unpaired) electrons. The van der Waals surface area contributed by atoms with Crippen LogP contribution in [0.1, 0.15) is 29.7 Å². The molecule has 136 valence electrons. The van der Waals surface area contributed by atoms with Gasteiger partial charge in [-0.1, -0.05) is 72.8 Å². The van der Waals surface area contributed by atoms with Gasteiger partial charge in [-0.05, 0) is 41.8 Å². The molecule has 0 saturated carbocycles. The fourth-order valence-corrected chi connectivity index (χ4v) is 2.80. The molecule has 0 aliphatic carbocycles. The van der Waals surface area contributed by atoms with Gasteiger partial charge in [0.15, 0.2) is 0 Å². The fourth-order valence-electron chi connectivity index (χ4n) is 2.80. The summed E-state index contributed by atoms with van der Waals surface area (Å²) in [6.45, 7) is 2.76. The highest BCUT2D eigenvalue weighted by Gasteiger charge is 2.08. The first-order valence-corrected chi connectivity index (χ1v) is 9.12. The predicted molar refractivity (Wildman–Crippen MR) is 112 cm³/mol. The molecule has 0 heterocycles. The summed E-state index contributed by atoms with van der Waals surface area (Å²) in [6, 6.07) is 28.2. The summed E-state index contributed by atoms with van der Waals surface area (Å²) in [5, 5.41) is 6.44. The Hall–Kier alpha value is -3.33. The summed E-state index contributed by atoms with van der Waals surface area (Å²) >= 11 is 0. The number of anilines is 1. The van der Waals surface area contributed by atoms with E-state index in [1.54, 1.807) is 6.08 Å². The van der Waals surface area contributed by atoms with Crippen molar-refractivity contribution in [3.05, 3.63) is 108 Å². The fraction of sp³-hybridized carbons (Fsp3) is 0.125. The molecule has 3 aromatic rings. The van der Waals surface area contributed by atoms with Crippen molar-refractivity contribution < 1.29 is 4.79 Å². The molecule has 0 bridgehead atoms. The molecule has 0 aliphatic heterocycles. The second-order valence-corrected chi connectivity index (χ2v) is 6.44. The van der Waals surface area contributed by atoms with Crippen LogP contribution in [0.4, 0.5) is 5.69 Å². The Morgan fingerprint density at radius 2 is 1.63 bits per heavy atom. The lowest BCUT2D eigenvalue weighted by atomic mass is 10.1. The van der Waals surface area contributed by atoms with Crippen molar-refractivity contribution in [3.8, 4) is 0 Å². The van der Waals surface area contributed by atoms with E-state index in [2.05, 4.69) is 28.8 Å². The van der Waals surface area contributed by atoms with Gasteiger partial charge in [-0.3, -0.25) is 4.79 Å². The van der Waals surface area contributed by atoms with Gasteiger partial charge in [0.2, 0.25) is 5.91 Å². The third kappa shape index (κ3) is 5.86. The molecular formula is C24H24N2O. The van der Waals surface area contributed by atoms with Crippen LogP contribution >= 0.6 is 0 Å². The number of nitrogens with one attached hydrogen (secondary N) is 2. The van der Waals surface area contributed by atoms with Gasteiger partial charge >= 0.3 is 0 Å². The Labute approximate surface area is 160 Å². The summed E-state index contributed by atoms with van der Waals surface area (Å²) < 4.78 is 0. The van der Waals surface area contributed by atoms with Crippen molar-refractivity contribution in [1.82, 2.24) is 5.32 Å². The predicted octanol–water partition coefficient (Wildman–Crippen LogP) is 5.19.